The van der Waals surface area contributed by atoms with Crippen LogP contribution in [-0.2, 0) is 16.6 Å². The van der Waals surface area contributed by atoms with Crippen LogP contribution in [0.1, 0.15) is 6.42 Å². The molecule has 0 bridgehead atoms. The number of ether oxygens (including phenoxy) is 1. The van der Waals surface area contributed by atoms with E-state index in [2.05, 4.69) is 4.98 Å². The molecule has 3 rings (SSSR count). The number of piperazine rings is 1. The highest BCUT2D eigenvalue weighted by atomic mass is 16.5. The number of amides is 1. The second-order valence-corrected chi connectivity index (χ2v) is 5.60. The number of methoxy groups -OCH3 is 1. The monoisotopic (exact) mass is 292 g/mol. The van der Waals surface area contributed by atoms with Crippen LogP contribution in [0, 0.1) is 5.92 Å². The molecule has 1 aromatic heterocycles. The van der Waals surface area contributed by atoms with Crippen molar-refractivity contribution in [3.8, 4) is 0 Å². The molecule has 7 heteroatoms. The van der Waals surface area contributed by atoms with Crippen LogP contribution in [0.4, 0.5) is 5.82 Å². The highest BCUT2D eigenvalue weighted by molar-refractivity contribution is 5.82. The molecule has 1 aromatic rings. The molecule has 114 valence electrons. The lowest BCUT2D eigenvalue weighted by atomic mass is 10.2. The lowest BCUT2D eigenvalue weighted by Gasteiger charge is -2.35. The molecular formula is C14H20N4O3. The molecule has 7 nitrogen and oxygen atoms in total. The second-order valence-electron chi connectivity index (χ2n) is 5.60. The first-order valence-electron chi connectivity index (χ1n) is 7.20. The molecule has 1 saturated carbocycles. The van der Waals surface area contributed by atoms with Crippen molar-refractivity contribution in [1.29, 1.82) is 0 Å². The second kappa shape index (κ2) is 5.48. The number of rotatable bonds is 3. The van der Waals surface area contributed by atoms with Crippen molar-refractivity contribution in [2.24, 2.45) is 13.0 Å². The number of aryl methyl sites for hydroxylation is 1. The summed E-state index contributed by atoms with van der Waals surface area (Å²) in [6, 6.07) is 0. The largest absolute Gasteiger partial charge is 0.381 e. The molecule has 0 spiro atoms. The molecule has 0 aromatic carbocycles. The zero-order chi connectivity index (χ0) is 15.0. The Morgan fingerprint density at radius 2 is 2.05 bits per heavy atom. The maximum absolute atomic E-state index is 12.2. The van der Waals surface area contributed by atoms with E-state index in [1.165, 1.54) is 4.57 Å². The van der Waals surface area contributed by atoms with Crippen LogP contribution in [0.2, 0.25) is 0 Å². The summed E-state index contributed by atoms with van der Waals surface area (Å²) >= 11 is 0. The summed E-state index contributed by atoms with van der Waals surface area (Å²) in [5, 5.41) is 0. The summed E-state index contributed by atoms with van der Waals surface area (Å²) in [6.45, 7) is 2.54. The van der Waals surface area contributed by atoms with Crippen LogP contribution in [0.5, 0.6) is 0 Å². The molecule has 2 atom stereocenters. The fraction of sp³-hybridized carbons (Fsp3) is 0.643. The number of anilines is 1. The summed E-state index contributed by atoms with van der Waals surface area (Å²) in [6.07, 6.45) is 4.19. The molecule has 21 heavy (non-hydrogen) atoms. The Morgan fingerprint density at radius 3 is 2.67 bits per heavy atom. The minimum Gasteiger partial charge on any atom is -0.381 e. The lowest BCUT2D eigenvalue weighted by Crippen LogP contribution is -2.51. The smallest absolute Gasteiger partial charge is 0.293 e. The van der Waals surface area contributed by atoms with Crippen molar-refractivity contribution in [2.75, 3.05) is 38.2 Å². The van der Waals surface area contributed by atoms with Gasteiger partial charge in [0.1, 0.15) is 0 Å². The Kier molecular flexibility index (Phi) is 3.67. The predicted molar refractivity (Wildman–Crippen MR) is 77.2 cm³/mol. The van der Waals surface area contributed by atoms with Crippen molar-refractivity contribution < 1.29 is 9.53 Å². The third-order valence-electron chi connectivity index (χ3n) is 4.24. The van der Waals surface area contributed by atoms with Crippen LogP contribution in [0.15, 0.2) is 17.2 Å². The van der Waals surface area contributed by atoms with E-state index in [9.17, 15) is 9.59 Å². The van der Waals surface area contributed by atoms with Gasteiger partial charge >= 0.3 is 0 Å². The minimum absolute atomic E-state index is 0.0317. The molecule has 1 aliphatic carbocycles. The molecule has 0 N–H and O–H groups in total. The van der Waals surface area contributed by atoms with E-state index in [1.807, 2.05) is 9.80 Å². The van der Waals surface area contributed by atoms with E-state index in [1.54, 1.807) is 26.6 Å². The van der Waals surface area contributed by atoms with E-state index < -0.39 is 0 Å². The Bertz CT molecular complexity index is 592. The van der Waals surface area contributed by atoms with Crippen molar-refractivity contribution in [3.05, 3.63) is 22.7 Å². The molecule has 1 amide bonds. The van der Waals surface area contributed by atoms with Gasteiger partial charge in [-0.1, -0.05) is 0 Å². The third kappa shape index (κ3) is 2.65. The highest BCUT2D eigenvalue weighted by Crippen LogP contribution is 2.35. The van der Waals surface area contributed by atoms with Crippen LogP contribution < -0.4 is 10.5 Å². The van der Waals surface area contributed by atoms with Crippen molar-refractivity contribution in [1.82, 2.24) is 14.5 Å². The summed E-state index contributed by atoms with van der Waals surface area (Å²) in [5.41, 5.74) is -0.0982. The average molecular weight is 292 g/mol. The first-order valence-corrected chi connectivity index (χ1v) is 7.20. The Morgan fingerprint density at radius 1 is 1.33 bits per heavy atom. The first-order chi connectivity index (χ1) is 10.1. The quantitative estimate of drug-likeness (QED) is 0.749. The van der Waals surface area contributed by atoms with E-state index in [0.717, 1.165) is 6.42 Å². The Hall–Kier alpha value is -1.89. The normalized spacial score (nSPS) is 25.0. The predicted octanol–water partition coefficient (Wildman–Crippen LogP) is -0.536. The van der Waals surface area contributed by atoms with Crippen LogP contribution in [-0.4, -0.2) is 59.8 Å². The first kappa shape index (κ1) is 14.1. The van der Waals surface area contributed by atoms with Gasteiger partial charge in [-0.15, -0.1) is 0 Å². The van der Waals surface area contributed by atoms with E-state index >= 15 is 0 Å². The molecule has 2 heterocycles. The number of carbonyl (C=O) groups is 1. The van der Waals surface area contributed by atoms with Crippen molar-refractivity contribution >= 4 is 11.7 Å². The molecule has 2 aliphatic rings. The lowest BCUT2D eigenvalue weighted by molar-refractivity contribution is -0.133. The van der Waals surface area contributed by atoms with Gasteiger partial charge in [-0.2, -0.15) is 0 Å². The van der Waals surface area contributed by atoms with Gasteiger partial charge in [-0.25, -0.2) is 4.98 Å². The van der Waals surface area contributed by atoms with Crippen LogP contribution in [0.3, 0.4) is 0 Å². The van der Waals surface area contributed by atoms with E-state index in [-0.39, 0.29) is 23.5 Å². The molecule has 1 aliphatic heterocycles. The van der Waals surface area contributed by atoms with Gasteiger partial charge in [0.05, 0.1) is 12.0 Å². The van der Waals surface area contributed by atoms with E-state index in [0.29, 0.717) is 32.0 Å². The van der Waals surface area contributed by atoms with Crippen LogP contribution >= 0.6 is 0 Å². The van der Waals surface area contributed by atoms with Gasteiger partial charge in [-0.05, 0) is 6.42 Å². The van der Waals surface area contributed by atoms with Crippen molar-refractivity contribution in [3.63, 3.8) is 0 Å². The Balaban J connectivity index is 1.62. The topological polar surface area (TPSA) is 67.7 Å². The fourth-order valence-electron chi connectivity index (χ4n) is 2.77. The fourth-order valence-corrected chi connectivity index (χ4v) is 2.77. The van der Waals surface area contributed by atoms with Gasteiger partial charge in [0.25, 0.3) is 5.56 Å². The SMILES string of the molecule is CO[C@@H]1C[C@H]1C(=O)N1CCN(c2nccn(C)c2=O)CC1. The third-order valence-corrected chi connectivity index (χ3v) is 4.24. The molecule has 2 fully saturated rings. The number of nitrogens with zero attached hydrogens (tertiary/aromatic N) is 4. The zero-order valence-electron chi connectivity index (χ0n) is 12.4. The molecular weight excluding hydrogens is 272 g/mol. The van der Waals surface area contributed by atoms with E-state index in [4.69, 9.17) is 4.74 Å². The van der Waals surface area contributed by atoms with Gasteiger partial charge in [0, 0.05) is 52.7 Å². The molecule has 0 radical (unpaired) electrons. The summed E-state index contributed by atoms with van der Waals surface area (Å²) in [4.78, 5) is 32.3. The highest BCUT2D eigenvalue weighted by Gasteiger charge is 2.45. The summed E-state index contributed by atoms with van der Waals surface area (Å²) in [7, 11) is 3.36. The molecule has 0 unspecified atom stereocenters. The maximum Gasteiger partial charge on any atom is 0.293 e. The van der Waals surface area contributed by atoms with Crippen molar-refractivity contribution in [2.45, 2.75) is 12.5 Å². The van der Waals surface area contributed by atoms with Gasteiger partial charge in [0.2, 0.25) is 5.91 Å². The Labute approximate surface area is 123 Å². The standard InChI is InChI=1S/C14H20N4O3/c1-16-4-3-15-12(14(16)20)17-5-7-18(8-6-17)13(19)10-9-11(10)21-2/h3-4,10-11H,5-9H2,1-2H3/t10-,11-/m1/s1. The average Bonchev–Trinajstić information content (AvgIpc) is 3.29. The minimum atomic E-state index is -0.0982. The summed E-state index contributed by atoms with van der Waals surface area (Å²) < 4.78 is 6.71. The number of aromatic nitrogens is 2. The van der Waals surface area contributed by atoms with Gasteiger partial charge in [0.15, 0.2) is 5.82 Å². The van der Waals surface area contributed by atoms with Gasteiger partial charge in [-0.3, -0.25) is 9.59 Å². The van der Waals surface area contributed by atoms with Gasteiger partial charge < -0.3 is 19.1 Å². The number of carbonyl (C=O) groups excluding carboxylic acids is 1. The van der Waals surface area contributed by atoms with Crippen LogP contribution in [0.25, 0.3) is 0 Å². The number of hydrogen-bond acceptors (Lipinski definition) is 5. The maximum atomic E-state index is 12.2. The number of hydrogen-bond donors (Lipinski definition) is 0. The zero-order valence-corrected chi connectivity index (χ0v) is 12.4. The summed E-state index contributed by atoms with van der Waals surface area (Å²) in [5.74, 6) is 0.674. The molecule has 1 saturated heterocycles.